The lowest BCUT2D eigenvalue weighted by Gasteiger charge is -2.19. The van der Waals surface area contributed by atoms with Gasteiger partial charge in [0.15, 0.2) is 4.34 Å². The first kappa shape index (κ1) is 17.9. The van der Waals surface area contributed by atoms with Gasteiger partial charge in [-0.1, -0.05) is 54.1 Å². The van der Waals surface area contributed by atoms with Gasteiger partial charge < -0.3 is 10.2 Å². The number of rotatable bonds is 5. The summed E-state index contributed by atoms with van der Waals surface area (Å²) in [4.78, 5) is 26.4. The number of likely N-dealkylation sites (tertiary alicyclic amines) is 1. The Morgan fingerprint density at radius 1 is 1.08 bits per heavy atom. The van der Waals surface area contributed by atoms with Crippen LogP contribution in [0.1, 0.15) is 35.5 Å². The van der Waals surface area contributed by atoms with Crippen LogP contribution in [-0.2, 0) is 4.79 Å². The molecular formula is C17H20N4O2S2. The molecular weight excluding hydrogens is 356 g/mol. The molecule has 3 rings (SSSR count). The van der Waals surface area contributed by atoms with Crippen LogP contribution in [0.3, 0.4) is 0 Å². The van der Waals surface area contributed by atoms with Crippen LogP contribution in [0.15, 0.2) is 34.7 Å². The van der Waals surface area contributed by atoms with Crippen molar-refractivity contribution in [1.29, 1.82) is 0 Å². The highest BCUT2D eigenvalue weighted by Crippen LogP contribution is 2.24. The molecule has 1 N–H and O–H groups in total. The molecule has 1 aliphatic heterocycles. The minimum atomic E-state index is -0.283. The third-order valence-corrected chi connectivity index (χ3v) is 5.95. The van der Waals surface area contributed by atoms with Gasteiger partial charge >= 0.3 is 0 Å². The minimum absolute atomic E-state index is 0.136. The second-order valence-electron chi connectivity index (χ2n) is 5.78. The van der Waals surface area contributed by atoms with Crippen molar-refractivity contribution in [2.24, 2.45) is 0 Å². The third kappa shape index (κ3) is 5.27. The smallest absolute Gasteiger partial charge is 0.286 e. The zero-order valence-electron chi connectivity index (χ0n) is 13.8. The molecule has 0 bridgehead atoms. The highest BCUT2D eigenvalue weighted by molar-refractivity contribution is 8.01. The zero-order chi connectivity index (χ0) is 17.5. The van der Waals surface area contributed by atoms with Crippen LogP contribution < -0.4 is 5.32 Å². The third-order valence-electron chi connectivity index (χ3n) is 3.91. The molecule has 2 aromatic rings. The summed E-state index contributed by atoms with van der Waals surface area (Å²) in [6, 6.07) is 9.22. The van der Waals surface area contributed by atoms with Crippen molar-refractivity contribution in [2.45, 2.75) is 30.0 Å². The fraction of sp³-hybridized carbons (Fsp3) is 0.412. The number of thioether (sulfide) groups is 1. The maximum atomic E-state index is 12.3. The molecule has 1 aromatic carbocycles. The molecule has 1 aromatic heterocycles. The molecule has 1 saturated heterocycles. The molecule has 1 aliphatic rings. The number of benzene rings is 1. The molecule has 1 fully saturated rings. The van der Waals surface area contributed by atoms with Crippen LogP contribution in [0, 0.1) is 0 Å². The fourth-order valence-corrected chi connectivity index (χ4v) is 4.25. The summed E-state index contributed by atoms with van der Waals surface area (Å²) in [7, 11) is 0. The van der Waals surface area contributed by atoms with Crippen molar-refractivity contribution in [1.82, 2.24) is 15.1 Å². The van der Waals surface area contributed by atoms with E-state index in [9.17, 15) is 9.59 Å². The van der Waals surface area contributed by atoms with Gasteiger partial charge in [0.25, 0.3) is 5.91 Å². The number of aromatic nitrogens is 2. The molecule has 25 heavy (non-hydrogen) atoms. The second kappa shape index (κ2) is 8.96. The number of nitrogens with zero attached hydrogens (tertiary/aromatic N) is 3. The summed E-state index contributed by atoms with van der Waals surface area (Å²) >= 11 is 2.56. The SMILES string of the molecule is O=C(Nc1ccccc1)c1nnc(SCC(=O)N2CCCCCC2)s1. The Labute approximate surface area is 155 Å². The van der Waals surface area contributed by atoms with Gasteiger partial charge in [-0.25, -0.2) is 0 Å². The van der Waals surface area contributed by atoms with E-state index in [1.54, 1.807) is 0 Å². The summed E-state index contributed by atoms with van der Waals surface area (Å²) in [5.74, 6) is 0.196. The molecule has 0 spiro atoms. The van der Waals surface area contributed by atoms with Crippen molar-refractivity contribution < 1.29 is 9.59 Å². The van der Waals surface area contributed by atoms with Crippen molar-refractivity contribution in [3.8, 4) is 0 Å². The van der Waals surface area contributed by atoms with Gasteiger partial charge in [0.05, 0.1) is 5.75 Å². The highest BCUT2D eigenvalue weighted by Gasteiger charge is 2.18. The van der Waals surface area contributed by atoms with Gasteiger partial charge in [-0.2, -0.15) is 0 Å². The van der Waals surface area contributed by atoms with E-state index in [2.05, 4.69) is 15.5 Å². The van der Waals surface area contributed by atoms with Crippen LogP contribution >= 0.6 is 23.1 Å². The summed E-state index contributed by atoms with van der Waals surface area (Å²) in [6.07, 6.45) is 4.57. The lowest BCUT2D eigenvalue weighted by atomic mass is 10.2. The quantitative estimate of drug-likeness (QED) is 0.811. The lowest BCUT2D eigenvalue weighted by molar-refractivity contribution is -0.128. The standard InChI is InChI=1S/C17H20N4O2S2/c22-14(21-10-6-1-2-7-11-21)12-24-17-20-19-16(25-17)15(23)18-13-8-4-3-5-9-13/h3-5,8-9H,1-2,6-7,10-12H2,(H,18,23). The molecule has 2 amide bonds. The van der Waals surface area contributed by atoms with Crippen LogP contribution in [0.4, 0.5) is 5.69 Å². The first-order valence-corrected chi connectivity index (χ1v) is 10.1. The number of anilines is 1. The van der Waals surface area contributed by atoms with Gasteiger partial charge in [-0.15, -0.1) is 10.2 Å². The number of hydrogen-bond donors (Lipinski definition) is 1. The molecule has 6 nitrogen and oxygen atoms in total. The van der Waals surface area contributed by atoms with Crippen molar-refractivity contribution in [2.75, 3.05) is 24.2 Å². The maximum absolute atomic E-state index is 12.3. The number of amides is 2. The van der Waals surface area contributed by atoms with Gasteiger partial charge in [0, 0.05) is 18.8 Å². The topological polar surface area (TPSA) is 75.2 Å². The number of hydrogen-bond acceptors (Lipinski definition) is 6. The summed E-state index contributed by atoms with van der Waals surface area (Å²) in [5.41, 5.74) is 0.716. The first-order chi connectivity index (χ1) is 12.2. The van der Waals surface area contributed by atoms with Gasteiger partial charge in [-0.05, 0) is 25.0 Å². The van der Waals surface area contributed by atoms with Crippen molar-refractivity contribution in [3.63, 3.8) is 0 Å². The molecule has 2 heterocycles. The fourth-order valence-electron chi connectivity index (χ4n) is 2.60. The Morgan fingerprint density at radius 2 is 1.80 bits per heavy atom. The van der Waals surface area contributed by atoms with Crippen molar-refractivity contribution in [3.05, 3.63) is 35.3 Å². The van der Waals surface area contributed by atoms with E-state index in [0.29, 0.717) is 20.8 Å². The monoisotopic (exact) mass is 376 g/mol. The molecule has 0 aliphatic carbocycles. The Morgan fingerprint density at radius 3 is 2.52 bits per heavy atom. The van der Waals surface area contributed by atoms with E-state index in [1.165, 1.54) is 35.9 Å². The molecule has 132 valence electrons. The lowest BCUT2D eigenvalue weighted by Crippen LogP contribution is -2.33. The van der Waals surface area contributed by atoms with E-state index in [4.69, 9.17) is 0 Å². The van der Waals surface area contributed by atoms with E-state index in [-0.39, 0.29) is 11.8 Å². The second-order valence-corrected chi connectivity index (χ2v) is 7.98. The Hall–Kier alpha value is -1.93. The van der Waals surface area contributed by atoms with Gasteiger partial charge in [0.2, 0.25) is 10.9 Å². The Bertz CT molecular complexity index is 712. The van der Waals surface area contributed by atoms with Gasteiger partial charge in [0.1, 0.15) is 0 Å². The largest absolute Gasteiger partial charge is 0.342 e. The van der Waals surface area contributed by atoms with Gasteiger partial charge in [-0.3, -0.25) is 9.59 Å². The van der Waals surface area contributed by atoms with E-state index < -0.39 is 0 Å². The molecule has 0 unspecified atom stereocenters. The minimum Gasteiger partial charge on any atom is -0.342 e. The Kier molecular flexibility index (Phi) is 6.41. The van der Waals surface area contributed by atoms with E-state index >= 15 is 0 Å². The first-order valence-electron chi connectivity index (χ1n) is 8.33. The van der Waals surface area contributed by atoms with Crippen LogP contribution in [0.2, 0.25) is 0 Å². The Balaban J connectivity index is 1.51. The number of para-hydroxylation sites is 1. The predicted molar refractivity (Wildman–Crippen MR) is 100 cm³/mol. The van der Waals surface area contributed by atoms with Crippen LogP contribution in [0.5, 0.6) is 0 Å². The van der Waals surface area contributed by atoms with Crippen LogP contribution in [0.25, 0.3) is 0 Å². The average molecular weight is 377 g/mol. The predicted octanol–water partition coefficient (Wildman–Crippen LogP) is 3.29. The van der Waals surface area contributed by atoms with E-state index in [0.717, 1.165) is 25.9 Å². The van der Waals surface area contributed by atoms with Crippen molar-refractivity contribution >= 4 is 40.6 Å². The highest BCUT2D eigenvalue weighted by atomic mass is 32.2. The molecule has 0 radical (unpaired) electrons. The summed E-state index contributed by atoms with van der Waals surface area (Å²) in [5, 5.41) is 11.0. The molecule has 0 atom stereocenters. The molecule has 8 heteroatoms. The summed E-state index contributed by atoms with van der Waals surface area (Å²) < 4.78 is 0.640. The number of carbonyl (C=O) groups is 2. The molecule has 0 saturated carbocycles. The number of carbonyl (C=O) groups excluding carboxylic acids is 2. The maximum Gasteiger partial charge on any atom is 0.286 e. The van der Waals surface area contributed by atoms with E-state index in [1.807, 2.05) is 35.2 Å². The van der Waals surface area contributed by atoms with Crippen LogP contribution in [-0.4, -0.2) is 45.8 Å². The number of nitrogens with one attached hydrogen (secondary N) is 1. The summed E-state index contributed by atoms with van der Waals surface area (Å²) in [6.45, 7) is 1.69. The normalized spacial score (nSPS) is 14.8. The average Bonchev–Trinajstić information content (AvgIpc) is 2.94. The zero-order valence-corrected chi connectivity index (χ0v) is 15.4.